The van der Waals surface area contributed by atoms with Crippen LogP contribution in [0.3, 0.4) is 0 Å². The number of benzene rings is 2. The van der Waals surface area contributed by atoms with Gasteiger partial charge in [-0.2, -0.15) is 5.26 Å². The molecule has 1 heterocycles. The quantitative estimate of drug-likeness (QED) is 0.857. The predicted molar refractivity (Wildman–Crippen MR) is 84.5 cm³/mol. The van der Waals surface area contributed by atoms with Gasteiger partial charge in [0.1, 0.15) is 11.9 Å². The Labute approximate surface area is 133 Å². The van der Waals surface area contributed by atoms with Crippen LogP contribution in [-0.4, -0.2) is 18.7 Å². The van der Waals surface area contributed by atoms with E-state index in [2.05, 4.69) is 0 Å². The Morgan fingerprint density at radius 1 is 1.35 bits per heavy atom. The van der Waals surface area contributed by atoms with Gasteiger partial charge in [-0.1, -0.05) is 19.1 Å². The van der Waals surface area contributed by atoms with Crippen LogP contribution in [0, 0.1) is 17.1 Å². The number of nitriles is 1. The largest absolute Gasteiger partial charge is 0.444 e. The third-order valence-electron chi connectivity index (χ3n) is 3.90. The Morgan fingerprint density at radius 3 is 2.83 bits per heavy atom. The van der Waals surface area contributed by atoms with E-state index in [-0.39, 0.29) is 6.10 Å². The topological polar surface area (TPSA) is 53.3 Å². The number of carbonyl (C=O) groups excluding carboxylic acids is 1. The van der Waals surface area contributed by atoms with E-state index in [1.165, 1.54) is 11.0 Å². The molecule has 1 fully saturated rings. The van der Waals surface area contributed by atoms with Crippen molar-refractivity contribution in [2.45, 2.75) is 19.4 Å². The molecule has 1 aliphatic rings. The first kappa shape index (κ1) is 15.0. The summed E-state index contributed by atoms with van der Waals surface area (Å²) in [6.07, 6.45) is 0.122. The van der Waals surface area contributed by atoms with Gasteiger partial charge in [0.25, 0.3) is 0 Å². The maximum absolute atomic E-state index is 14.5. The maximum atomic E-state index is 14.5. The minimum Gasteiger partial charge on any atom is -0.444 e. The molecule has 0 N–H and O–H groups in total. The summed E-state index contributed by atoms with van der Waals surface area (Å²) in [7, 11) is 0. The van der Waals surface area contributed by atoms with Crippen molar-refractivity contribution in [1.29, 1.82) is 5.26 Å². The molecular weight excluding hydrogens is 295 g/mol. The van der Waals surface area contributed by atoms with Crippen molar-refractivity contribution in [3.8, 4) is 17.2 Å². The van der Waals surface area contributed by atoms with Crippen LogP contribution in [0.5, 0.6) is 0 Å². The van der Waals surface area contributed by atoms with E-state index in [0.29, 0.717) is 28.9 Å². The number of anilines is 1. The van der Waals surface area contributed by atoms with Crippen LogP contribution >= 0.6 is 0 Å². The summed E-state index contributed by atoms with van der Waals surface area (Å²) in [6.45, 7) is 2.37. The van der Waals surface area contributed by atoms with Crippen molar-refractivity contribution in [1.82, 2.24) is 0 Å². The summed E-state index contributed by atoms with van der Waals surface area (Å²) in [6, 6.07) is 13.4. The van der Waals surface area contributed by atoms with Crippen LogP contribution in [0.1, 0.15) is 18.9 Å². The Bertz CT molecular complexity index is 798. The summed E-state index contributed by atoms with van der Waals surface area (Å²) < 4.78 is 19.7. The molecule has 0 saturated carbocycles. The molecule has 3 rings (SSSR count). The lowest BCUT2D eigenvalue weighted by molar-refractivity contribution is 0.139. The highest BCUT2D eigenvalue weighted by molar-refractivity contribution is 5.90. The van der Waals surface area contributed by atoms with Gasteiger partial charge in [-0.25, -0.2) is 9.18 Å². The SMILES string of the molecule is CC[C@H]1CN(c2ccc(-c3cccc(C#N)c3)c(F)c2)C(=O)O1. The Kier molecular flexibility index (Phi) is 3.98. The molecule has 0 spiro atoms. The molecule has 1 aliphatic heterocycles. The molecular formula is C18H15FN2O2. The standard InChI is InChI=1S/C18H15FN2O2/c1-2-15-11-21(18(22)23-15)14-6-7-16(17(19)9-14)13-5-3-4-12(8-13)10-20/h3-9,15H,2,11H2,1H3/t15-/m0/s1. The van der Waals surface area contributed by atoms with Crippen molar-refractivity contribution < 1.29 is 13.9 Å². The highest BCUT2D eigenvalue weighted by atomic mass is 19.1. The lowest BCUT2D eigenvalue weighted by atomic mass is 10.0. The first-order valence-corrected chi connectivity index (χ1v) is 7.40. The Balaban J connectivity index is 1.92. The smallest absolute Gasteiger partial charge is 0.414 e. The van der Waals surface area contributed by atoms with Crippen LogP contribution in [0.2, 0.25) is 0 Å². The van der Waals surface area contributed by atoms with Crippen LogP contribution in [0.25, 0.3) is 11.1 Å². The average Bonchev–Trinajstić information content (AvgIpc) is 2.96. The van der Waals surface area contributed by atoms with E-state index in [1.54, 1.807) is 36.4 Å². The molecule has 1 atom stereocenters. The number of carbonyl (C=O) groups is 1. The van der Waals surface area contributed by atoms with Crippen LogP contribution < -0.4 is 4.90 Å². The molecule has 0 aliphatic carbocycles. The van der Waals surface area contributed by atoms with E-state index >= 15 is 0 Å². The summed E-state index contributed by atoms with van der Waals surface area (Å²) in [5.74, 6) is -0.440. The third kappa shape index (κ3) is 2.88. The summed E-state index contributed by atoms with van der Waals surface area (Å²) in [5, 5.41) is 8.94. The first-order valence-electron chi connectivity index (χ1n) is 7.40. The van der Waals surface area contributed by atoms with E-state index in [1.807, 2.05) is 13.0 Å². The molecule has 4 nitrogen and oxygen atoms in total. The van der Waals surface area contributed by atoms with E-state index < -0.39 is 11.9 Å². The van der Waals surface area contributed by atoms with Gasteiger partial charge in [0.05, 0.1) is 23.9 Å². The number of hydrogen-bond donors (Lipinski definition) is 0. The van der Waals surface area contributed by atoms with Crippen molar-refractivity contribution in [3.63, 3.8) is 0 Å². The van der Waals surface area contributed by atoms with Crippen molar-refractivity contribution >= 4 is 11.8 Å². The van der Waals surface area contributed by atoms with Crippen molar-refractivity contribution in [3.05, 3.63) is 53.8 Å². The average molecular weight is 310 g/mol. The zero-order chi connectivity index (χ0) is 16.4. The summed E-state index contributed by atoms with van der Waals surface area (Å²) >= 11 is 0. The predicted octanol–water partition coefficient (Wildman–Crippen LogP) is 4.10. The second-order valence-electron chi connectivity index (χ2n) is 5.38. The van der Waals surface area contributed by atoms with E-state index in [4.69, 9.17) is 10.00 Å². The lowest BCUT2D eigenvalue weighted by Gasteiger charge is -2.14. The molecule has 0 unspecified atom stereocenters. The lowest BCUT2D eigenvalue weighted by Crippen LogP contribution is -2.24. The highest BCUT2D eigenvalue weighted by Crippen LogP contribution is 2.29. The van der Waals surface area contributed by atoms with Gasteiger partial charge in [0.2, 0.25) is 0 Å². The number of ether oxygens (including phenoxy) is 1. The van der Waals surface area contributed by atoms with Gasteiger partial charge in [-0.3, -0.25) is 4.90 Å². The Hall–Kier alpha value is -2.87. The molecule has 23 heavy (non-hydrogen) atoms. The number of amides is 1. The van der Waals surface area contributed by atoms with Crippen molar-refractivity contribution in [2.24, 2.45) is 0 Å². The van der Waals surface area contributed by atoms with Gasteiger partial charge in [0, 0.05) is 5.56 Å². The molecule has 1 saturated heterocycles. The number of halogens is 1. The Morgan fingerprint density at radius 2 is 2.17 bits per heavy atom. The molecule has 0 aromatic heterocycles. The van der Waals surface area contributed by atoms with Gasteiger partial charge in [-0.15, -0.1) is 0 Å². The molecule has 0 radical (unpaired) electrons. The first-order chi connectivity index (χ1) is 11.1. The minimum absolute atomic E-state index is 0.155. The zero-order valence-electron chi connectivity index (χ0n) is 12.6. The monoisotopic (exact) mass is 310 g/mol. The normalized spacial score (nSPS) is 17.0. The number of cyclic esters (lactones) is 1. The summed E-state index contributed by atoms with van der Waals surface area (Å²) in [4.78, 5) is 13.3. The zero-order valence-corrected chi connectivity index (χ0v) is 12.6. The molecule has 5 heteroatoms. The van der Waals surface area contributed by atoms with E-state index in [9.17, 15) is 9.18 Å². The molecule has 1 amide bonds. The molecule has 0 bridgehead atoms. The second-order valence-corrected chi connectivity index (χ2v) is 5.38. The maximum Gasteiger partial charge on any atom is 0.414 e. The molecule has 116 valence electrons. The number of nitrogens with zero attached hydrogens (tertiary/aromatic N) is 2. The van der Waals surface area contributed by atoms with Crippen LogP contribution in [0.4, 0.5) is 14.9 Å². The van der Waals surface area contributed by atoms with Gasteiger partial charge >= 0.3 is 6.09 Å². The van der Waals surface area contributed by atoms with Gasteiger partial charge in [-0.05, 0) is 42.3 Å². The minimum atomic E-state index is -0.449. The molecule has 2 aromatic rings. The fourth-order valence-electron chi connectivity index (χ4n) is 2.61. The summed E-state index contributed by atoms with van der Waals surface area (Å²) in [5.41, 5.74) is 1.97. The van der Waals surface area contributed by atoms with E-state index in [0.717, 1.165) is 6.42 Å². The fourth-order valence-corrected chi connectivity index (χ4v) is 2.61. The highest BCUT2D eigenvalue weighted by Gasteiger charge is 2.31. The third-order valence-corrected chi connectivity index (χ3v) is 3.90. The van der Waals surface area contributed by atoms with Gasteiger partial charge in [0.15, 0.2) is 0 Å². The van der Waals surface area contributed by atoms with Crippen molar-refractivity contribution in [2.75, 3.05) is 11.4 Å². The number of rotatable bonds is 3. The van der Waals surface area contributed by atoms with Gasteiger partial charge < -0.3 is 4.74 Å². The number of hydrogen-bond acceptors (Lipinski definition) is 3. The fraction of sp³-hybridized carbons (Fsp3) is 0.222. The van der Waals surface area contributed by atoms with Crippen LogP contribution in [-0.2, 0) is 4.74 Å². The molecule has 2 aromatic carbocycles. The van der Waals surface area contributed by atoms with Crippen LogP contribution in [0.15, 0.2) is 42.5 Å². The second kappa shape index (κ2) is 6.09.